The van der Waals surface area contributed by atoms with E-state index in [0.29, 0.717) is 22.3 Å². The highest BCUT2D eigenvalue weighted by Crippen LogP contribution is 2.34. The van der Waals surface area contributed by atoms with E-state index in [1.54, 1.807) is 51.5 Å². The van der Waals surface area contributed by atoms with Crippen molar-refractivity contribution in [3.8, 4) is 17.2 Å². The molecule has 0 unspecified atom stereocenters. The van der Waals surface area contributed by atoms with Crippen molar-refractivity contribution in [2.45, 2.75) is 19.4 Å². The topological polar surface area (TPSA) is 56.8 Å². The summed E-state index contributed by atoms with van der Waals surface area (Å²) in [6.45, 7) is 2.47. The number of hydrogen-bond donors (Lipinski definition) is 1. The summed E-state index contributed by atoms with van der Waals surface area (Å²) in [5, 5.41) is 3.91. The molecule has 2 aromatic carbocycles. The van der Waals surface area contributed by atoms with Gasteiger partial charge in [0.25, 0.3) is 0 Å². The lowest BCUT2D eigenvalue weighted by atomic mass is 9.96. The lowest BCUT2D eigenvalue weighted by Crippen LogP contribution is -2.27. The molecule has 0 fully saturated rings. The quantitative estimate of drug-likeness (QED) is 0.762. The zero-order chi connectivity index (χ0) is 19.4. The molecule has 0 radical (unpaired) electrons. The fourth-order valence-corrected chi connectivity index (χ4v) is 3.10. The molecule has 5 nitrogen and oxygen atoms in total. The SMILES string of the molecule is COc1cc2c(cc1OC)/C(=C/C(=O)[C@@H](C)Oc1ccc(Cl)cc1)NCC2. The van der Waals surface area contributed by atoms with Crippen molar-refractivity contribution in [3.63, 3.8) is 0 Å². The van der Waals surface area contributed by atoms with E-state index in [9.17, 15) is 4.79 Å². The first-order chi connectivity index (χ1) is 13.0. The lowest BCUT2D eigenvalue weighted by Gasteiger charge is -2.23. The molecule has 2 aromatic rings. The second-order valence-corrected chi connectivity index (χ2v) is 6.65. The summed E-state index contributed by atoms with van der Waals surface area (Å²) in [6, 6.07) is 10.8. The molecule has 1 aliphatic heterocycles. The fourth-order valence-electron chi connectivity index (χ4n) is 2.97. The Morgan fingerprint density at radius 1 is 1.15 bits per heavy atom. The molecule has 142 valence electrons. The first-order valence-corrected chi connectivity index (χ1v) is 9.06. The van der Waals surface area contributed by atoms with Crippen LogP contribution < -0.4 is 19.5 Å². The number of rotatable bonds is 6. The van der Waals surface area contributed by atoms with Gasteiger partial charge in [0.15, 0.2) is 23.4 Å². The maximum Gasteiger partial charge on any atom is 0.197 e. The molecule has 1 heterocycles. The highest BCUT2D eigenvalue weighted by atomic mass is 35.5. The molecule has 27 heavy (non-hydrogen) atoms. The van der Waals surface area contributed by atoms with Crippen molar-refractivity contribution >= 4 is 23.1 Å². The van der Waals surface area contributed by atoms with Gasteiger partial charge in [0.2, 0.25) is 0 Å². The Balaban J connectivity index is 1.83. The van der Waals surface area contributed by atoms with Gasteiger partial charge in [-0.2, -0.15) is 0 Å². The smallest absolute Gasteiger partial charge is 0.197 e. The van der Waals surface area contributed by atoms with Crippen LogP contribution >= 0.6 is 11.6 Å². The molecule has 0 amide bonds. The number of benzene rings is 2. The number of halogens is 1. The molecular weight excluding hydrogens is 366 g/mol. The van der Waals surface area contributed by atoms with E-state index in [2.05, 4.69) is 5.32 Å². The number of carbonyl (C=O) groups is 1. The third-order valence-corrected chi connectivity index (χ3v) is 4.68. The van der Waals surface area contributed by atoms with Gasteiger partial charge in [-0.05, 0) is 55.3 Å². The van der Waals surface area contributed by atoms with Crippen LogP contribution in [0.1, 0.15) is 18.1 Å². The number of ketones is 1. The molecule has 0 saturated heterocycles. The fraction of sp³-hybridized carbons (Fsp3) is 0.286. The maximum atomic E-state index is 12.6. The van der Waals surface area contributed by atoms with Gasteiger partial charge < -0.3 is 19.5 Å². The molecule has 0 aliphatic carbocycles. The first kappa shape index (κ1) is 19.1. The van der Waals surface area contributed by atoms with Gasteiger partial charge in [-0.25, -0.2) is 0 Å². The minimum atomic E-state index is -0.619. The van der Waals surface area contributed by atoms with Gasteiger partial charge in [-0.1, -0.05) is 11.6 Å². The van der Waals surface area contributed by atoms with Crippen molar-refractivity contribution in [3.05, 3.63) is 58.6 Å². The maximum absolute atomic E-state index is 12.6. The van der Waals surface area contributed by atoms with E-state index in [4.69, 9.17) is 25.8 Å². The predicted octanol–water partition coefficient (Wildman–Crippen LogP) is 3.88. The van der Waals surface area contributed by atoms with E-state index in [1.165, 1.54) is 0 Å². The summed E-state index contributed by atoms with van der Waals surface area (Å²) >= 11 is 5.87. The number of hydrogen-bond acceptors (Lipinski definition) is 5. The molecule has 6 heteroatoms. The van der Waals surface area contributed by atoms with Gasteiger partial charge in [-0.3, -0.25) is 4.79 Å². The minimum Gasteiger partial charge on any atom is -0.493 e. The van der Waals surface area contributed by atoms with E-state index in [-0.39, 0.29) is 5.78 Å². The highest BCUT2D eigenvalue weighted by molar-refractivity contribution is 6.30. The Bertz CT molecular complexity index is 861. The summed E-state index contributed by atoms with van der Waals surface area (Å²) in [4.78, 5) is 12.6. The number of fused-ring (bicyclic) bond motifs is 1. The van der Waals surface area contributed by atoms with Crippen molar-refractivity contribution in [1.82, 2.24) is 5.32 Å². The standard InChI is InChI=1S/C21H22ClNO4/c1-13(27-16-6-4-15(22)5-7-16)19(24)12-18-17-11-21(26-3)20(25-2)10-14(17)8-9-23-18/h4-7,10-13,23H,8-9H2,1-3H3/b18-12-/t13-/m1/s1. The van der Waals surface area contributed by atoms with E-state index in [0.717, 1.165) is 29.8 Å². The van der Waals surface area contributed by atoms with Gasteiger partial charge in [-0.15, -0.1) is 0 Å². The zero-order valence-electron chi connectivity index (χ0n) is 15.5. The average molecular weight is 388 g/mol. The molecule has 0 bridgehead atoms. The average Bonchev–Trinajstić information content (AvgIpc) is 2.68. The molecule has 1 aliphatic rings. The second-order valence-electron chi connectivity index (χ2n) is 6.22. The van der Waals surface area contributed by atoms with E-state index in [1.807, 2.05) is 12.1 Å². The first-order valence-electron chi connectivity index (χ1n) is 8.68. The summed E-state index contributed by atoms with van der Waals surface area (Å²) < 4.78 is 16.5. The van der Waals surface area contributed by atoms with E-state index < -0.39 is 6.10 Å². The second kappa shape index (κ2) is 8.35. The van der Waals surface area contributed by atoms with Crippen LogP contribution in [-0.2, 0) is 11.2 Å². The molecular formula is C21H22ClNO4. The van der Waals surface area contributed by atoms with E-state index >= 15 is 0 Å². The monoisotopic (exact) mass is 387 g/mol. The van der Waals surface area contributed by atoms with Gasteiger partial charge in [0.05, 0.1) is 14.2 Å². The van der Waals surface area contributed by atoms with Gasteiger partial charge >= 0.3 is 0 Å². The van der Waals surface area contributed by atoms with Crippen LogP contribution in [0.3, 0.4) is 0 Å². The van der Waals surface area contributed by atoms with Crippen LogP contribution in [0.15, 0.2) is 42.5 Å². The van der Waals surface area contributed by atoms with Crippen LogP contribution in [0, 0.1) is 0 Å². The number of nitrogens with one attached hydrogen (secondary N) is 1. The van der Waals surface area contributed by atoms with Crippen LogP contribution in [0.5, 0.6) is 17.2 Å². The van der Waals surface area contributed by atoms with Crippen molar-refractivity contribution in [2.75, 3.05) is 20.8 Å². The summed E-state index contributed by atoms with van der Waals surface area (Å²) in [7, 11) is 3.21. The highest BCUT2D eigenvalue weighted by Gasteiger charge is 2.20. The van der Waals surface area contributed by atoms with Crippen molar-refractivity contribution < 1.29 is 19.0 Å². The van der Waals surface area contributed by atoms with Crippen LogP contribution in [-0.4, -0.2) is 32.7 Å². The Morgan fingerprint density at radius 3 is 2.48 bits per heavy atom. The molecule has 1 atom stereocenters. The van der Waals surface area contributed by atoms with Gasteiger partial charge in [0.1, 0.15) is 5.75 Å². The minimum absolute atomic E-state index is 0.130. The van der Waals surface area contributed by atoms with Crippen LogP contribution in [0.25, 0.3) is 5.70 Å². The van der Waals surface area contributed by atoms with Crippen LogP contribution in [0.4, 0.5) is 0 Å². The van der Waals surface area contributed by atoms with Gasteiger partial charge in [0, 0.05) is 28.9 Å². The molecule has 0 spiro atoms. The largest absolute Gasteiger partial charge is 0.493 e. The molecule has 0 aromatic heterocycles. The third kappa shape index (κ3) is 4.37. The third-order valence-electron chi connectivity index (χ3n) is 4.42. The molecule has 1 N–H and O–H groups in total. The Kier molecular flexibility index (Phi) is 5.91. The Labute approximate surface area is 163 Å². The molecule has 0 saturated carbocycles. The lowest BCUT2D eigenvalue weighted by molar-refractivity contribution is -0.120. The van der Waals surface area contributed by atoms with Crippen molar-refractivity contribution in [1.29, 1.82) is 0 Å². The normalized spacial score (nSPS) is 15.5. The summed E-state index contributed by atoms with van der Waals surface area (Å²) in [5.74, 6) is 1.78. The zero-order valence-corrected chi connectivity index (χ0v) is 16.3. The predicted molar refractivity (Wildman–Crippen MR) is 106 cm³/mol. The summed E-state index contributed by atoms with van der Waals surface area (Å²) in [5.41, 5.74) is 2.80. The van der Waals surface area contributed by atoms with Crippen molar-refractivity contribution in [2.24, 2.45) is 0 Å². The van der Waals surface area contributed by atoms with Crippen LogP contribution in [0.2, 0.25) is 5.02 Å². The summed E-state index contributed by atoms with van der Waals surface area (Å²) in [6.07, 6.45) is 1.81. The number of methoxy groups -OCH3 is 2. The number of ether oxygens (including phenoxy) is 3. The number of carbonyl (C=O) groups excluding carboxylic acids is 1. The Hall–Kier alpha value is -2.66. The Morgan fingerprint density at radius 2 is 1.81 bits per heavy atom. The molecule has 3 rings (SSSR count).